The van der Waals surface area contributed by atoms with Gasteiger partial charge in [0.1, 0.15) is 17.2 Å². The molecule has 2 amide bonds. The van der Waals surface area contributed by atoms with Gasteiger partial charge in [0.25, 0.3) is 11.8 Å². The minimum Gasteiger partial charge on any atom is -0.481 e. The van der Waals surface area contributed by atoms with Crippen molar-refractivity contribution in [2.75, 3.05) is 6.54 Å². The smallest absolute Gasteiger partial charge is 0.305 e. The van der Waals surface area contributed by atoms with Crippen molar-refractivity contribution in [3.05, 3.63) is 70.0 Å². The Morgan fingerprint density at radius 2 is 1.83 bits per heavy atom. The number of nitrogens with zero attached hydrogens (tertiary/aromatic N) is 2. The number of aliphatic carboxylic acids is 1. The molecule has 220 valence electrons. The van der Waals surface area contributed by atoms with Crippen LogP contribution in [0.3, 0.4) is 0 Å². The number of benzene rings is 2. The normalized spacial score (nSPS) is 21.6. The maximum Gasteiger partial charge on any atom is 0.305 e. The number of hydrogen-bond acceptors (Lipinski definition) is 4. The van der Waals surface area contributed by atoms with E-state index in [-0.39, 0.29) is 41.3 Å². The van der Waals surface area contributed by atoms with E-state index in [1.807, 2.05) is 17.0 Å². The number of carboxylic acids is 1. The van der Waals surface area contributed by atoms with Gasteiger partial charge in [-0.3, -0.25) is 19.4 Å². The number of carbonyl (C=O) groups is 3. The third kappa shape index (κ3) is 6.64. The minimum atomic E-state index is -0.978. The van der Waals surface area contributed by atoms with Gasteiger partial charge in [0.05, 0.1) is 17.5 Å². The Hall–Kier alpha value is -3.26. The molecule has 0 radical (unpaired) electrons. The minimum absolute atomic E-state index is 0.0439. The van der Waals surface area contributed by atoms with Gasteiger partial charge in [0.15, 0.2) is 0 Å². The Balaban J connectivity index is 1.68. The van der Waals surface area contributed by atoms with Gasteiger partial charge in [-0.25, -0.2) is 4.39 Å². The Morgan fingerprint density at radius 1 is 1.17 bits per heavy atom. The average molecular weight is 584 g/mol. The fourth-order valence-electron chi connectivity index (χ4n) is 6.13. The molecule has 1 fully saturated rings. The summed E-state index contributed by atoms with van der Waals surface area (Å²) >= 11 is 6.10. The predicted octanol–water partition coefficient (Wildman–Crippen LogP) is 6.79. The van der Waals surface area contributed by atoms with E-state index >= 15 is 0 Å². The van der Waals surface area contributed by atoms with Crippen LogP contribution in [0.4, 0.5) is 4.39 Å². The van der Waals surface area contributed by atoms with Crippen LogP contribution >= 0.6 is 11.6 Å². The third-order valence-electron chi connectivity index (χ3n) is 8.45. The maximum atomic E-state index is 14.2. The number of aliphatic imine (C=N–C) groups is 1. The molecular formula is C32H39ClFN3O4. The van der Waals surface area contributed by atoms with Crippen molar-refractivity contribution in [3.63, 3.8) is 0 Å². The Labute approximate surface area is 246 Å². The van der Waals surface area contributed by atoms with Crippen LogP contribution in [0.15, 0.2) is 47.5 Å². The van der Waals surface area contributed by atoms with Crippen molar-refractivity contribution < 1.29 is 23.9 Å². The van der Waals surface area contributed by atoms with Crippen molar-refractivity contribution >= 4 is 35.1 Å². The van der Waals surface area contributed by atoms with E-state index < -0.39 is 17.4 Å². The van der Waals surface area contributed by atoms with E-state index in [0.717, 1.165) is 37.7 Å². The first-order chi connectivity index (χ1) is 19.4. The van der Waals surface area contributed by atoms with Crippen LogP contribution in [0.2, 0.25) is 5.02 Å². The molecule has 0 bridgehead atoms. The van der Waals surface area contributed by atoms with Crippen LogP contribution in [0.5, 0.6) is 0 Å². The van der Waals surface area contributed by atoms with Crippen molar-refractivity contribution in [1.29, 1.82) is 0 Å². The summed E-state index contributed by atoms with van der Waals surface area (Å²) in [6.07, 6.45) is 4.69. The van der Waals surface area contributed by atoms with Gasteiger partial charge < -0.3 is 15.3 Å². The molecule has 1 spiro atoms. The second-order valence-electron chi connectivity index (χ2n) is 12.2. The number of rotatable bonds is 9. The van der Waals surface area contributed by atoms with Crippen LogP contribution in [-0.4, -0.2) is 45.7 Å². The van der Waals surface area contributed by atoms with E-state index in [2.05, 4.69) is 33.0 Å². The molecule has 2 N–H and O–H groups in total. The summed E-state index contributed by atoms with van der Waals surface area (Å²) in [6.45, 7) is 8.87. The molecule has 0 aromatic heterocycles. The highest BCUT2D eigenvalue weighted by Crippen LogP contribution is 2.50. The summed E-state index contributed by atoms with van der Waals surface area (Å²) in [7, 11) is 0. The van der Waals surface area contributed by atoms with Crippen molar-refractivity contribution in [2.24, 2.45) is 16.3 Å². The van der Waals surface area contributed by atoms with E-state index in [0.29, 0.717) is 29.2 Å². The molecular weight excluding hydrogens is 545 g/mol. The number of halogens is 2. The number of carboxylic acid groups (broad SMARTS) is 1. The molecule has 2 aromatic rings. The highest BCUT2D eigenvalue weighted by molar-refractivity contribution is 6.47. The number of amides is 2. The van der Waals surface area contributed by atoms with Gasteiger partial charge >= 0.3 is 5.97 Å². The first kappa shape index (κ1) is 30.7. The summed E-state index contributed by atoms with van der Waals surface area (Å²) in [5.74, 6) is -1.57. The molecule has 1 aliphatic heterocycles. The second kappa shape index (κ2) is 12.3. The quantitative estimate of drug-likeness (QED) is 0.339. The number of carbonyl (C=O) groups excluding carboxylic acids is 2. The first-order valence-electron chi connectivity index (χ1n) is 14.3. The summed E-state index contributed by atoms with van der Waals surface area (Å²) < 4.78 is 14.0. The van der Waals surface area contributed by atoms with Gasteiger partial charge in [0.2, 0.25) is 0 Å². The van der Waals surface area contributed by atoms with E-state index in [1.54, 1.807) is 18.2 Å². The molecule has 1 saturated carbocycles. The maximum absolute atomic E-state index is 14.2. The van der Waals surface area contributed by atoms with Gasteiger partial charge in [0, 0.05) is 17.7 Å². The van der Waals surface area contributed by atoms with Gasteiger partial charge in [-0.1, -0.05) is 57.8 Å². The summed E-state index contributed by atoms with van der Waals surface area (Å²) in [6, 6.07) is 11.2. The van der Waals surface area contributed by atoms with Crippen LogP contribution < -0.4 is 5.32 Å². The zero-order valence-electron chi connectivity index (χ0n) is 24.2. The molecule has 0 saturated heterocycles. The lowest BCUT2D eigenvalue weighted by atomic mass is 9.69. The lowest BCUT2D eigenvalue weighted by Crippen LogP contribution is -2.51. The summed E-state index contributed by atoms with van der Waals surface area (Å²) in [4.78, 5) is 44.6. The highest BCUT2D eigenvalue weighted by atomic mass is 35.5. The molecule has 1 unspecified atom stereocenters. The number of hydrogen-bond donors (Lipinski definition) is 2. The second-order valence-corrected chi connectivity index (χ2v) is 12.6. The Bertz CT molecular complexity index is 1330. The van der Waals surface area contributed by atoms with Crippen LogP contribution in [0.25, 0.3) is 0 Å². The van der Waals surface area contributed by atoms with Crippen molar-refractivity contribution in [3.8, 4) is 0 Å². The molecule has 1 atom stereocenters. The van der Waals surface area contributed by atoms with E-state index in [9.17, 15) is 18.8 Å². The zero-order chi connectivity index (χ0) is 29.9. The topological polar surface area (TPSA) is 99.1 Å². The van der Waals surface area contributed by atoms with Gasteiger partial charge in [-0.2, -0.15) is 0 Å². The van der Waals surface area contributed by atoms with E-state index in [4.69, 9.17) is 21.7 Å². The van der Waals surface area contributed by atoms with Crippen molar-refractivity contribution in [1.82, 2.24) is 10.2 Å². The molecule has 4 rings (SSSR count). The predicted molar refractivity (Wildman–Crippen MR) is 158 cm³/mol. The van der Waals surface area contributed by atoms with Crippen LogP contribution in [-0.2, 0) is 9.59 Å². The average Bonchev–Trinajstić information content (AvgIpc) is 3.19. The zero-order valence-corrected chi connectivity index (χ0v) is 24.9. The molecule has 9 heteroatoms. The highest BCUT2D eigenvalue weighted by Gasteiger charge is 2.52. The number of nitrogens with one attached hydrogen (secondary N) is 1. The molecule has 7 nitrogen and oxygen atoms in total. The van der Waals surface area contributed by atoms with E-state index in [1.165, 1.54) is 12.1 Å². The molecule has 41 heavy (non-hydrogen) atoms. The lowest BCUT2D eigenvalue weighted by molar-refractivity contribution is -0.137. The summed E-state index contributed by atoms with van der Waals surface area (Å²) in [5.41, 5.74) is 1.55. The fraction of sp³-hybridized carbons (Fsp3) is 0.500. The SMILES string of the molecule is CCCC(c1ccc(C(=O)NCCC(=O)O)cc1)N1C(=O)C(c2ccc(F)c(Cl)c2)=NC12CCC(C(C)(C)C)CC2. The largest absolute Gasteiger partial charge is 0.481 e. The Kier molecular flexibility index (Phi) is 9.22. The van der Waals surface area contributed by atoms with Gasteiger partial charge in [-0.05, 0) is 79.3 Å². The van der Waals surface area contributed by atoms with Crippen molar-refractivity contribution in [2.45, 2.75) is 84.3 Å². The molecule has 2 aromatic carbocycles. The Morgan fingerprint density at radius 3 is 2.39 bits per heavy atom. The molecule has 2 aliphatic rings. The van der Waals surface area contributed by atoms with Crippen LogP contribution in [0, 0.1) is 17.2 Å². The standard InChI is InChI=1S/C32H39ClFN3O4/c1-5-6-26(20-7-9-21(10-8-20)29(40)35-18-15-27(38)39)37-30(41)28(22-11-12-25(34)24(33)19-22)36-32(37)16-13-23(14-17-32)31(2,3)4/h7-12,19,23,26H,5-6,13-18H2,1-4H3,(H,35,40)(H,38,39). The first-order valence-corrected chi connectivity index (χ1v) is 14.7. The van der Waals surface area contributed by atoms with Gasteiger partial charge in [-0.15, -0.1) is 0 Å². The van der Waals surface area contributed by atoms with Crippen LogP contribution in [0.1, 0.15) is 100 Å². The lowest BCUT2D eigenvalue weighted by Gasteiger charge is -2.47. The fourth-order valence-corrected chi connectivity index (χ4v) is 6.32. The third-order valence-corrected chi connectivity index (χ3v) is 8.74. The molecule has 1 aliphatic carbocycles. The summed E-state index contributed by atoms with van der Waals surface area (Å²) in [5, 5.41) is 11.4. The molecule has 1 heterocycles. The monoisotopic (exact) mass is 583 g/mol.